The van der Waals surface area contributed by atoms with Crippen LogP contribution >= 0.6 is 11.6 Å². The molecule has 5 aromatic rings. The Hall–Kier alpha value is -5.52. The van der Waals surface area contributed by atoms with Gasteiger partial charge in [-0.25, -0.2) is 18.1 Å². The fraction of sp³-hybridized carbons (Fsp3) is 0.364. The number of pyridine rings is 1. The van der Waals surface area contributed by atoms with E-state index in [2.05, 4.69) is 50.5 Å². The Morgan fingerprint density at radius 2 is 1.84 bits per heavy atom. The van der Waals surface area contributed by atoms with Crippen LogP contribution in [0.1, 0.15) is 49.0 Å². The van der Waals surface area contributed by atoms with Crippen LogP contribution < -0.4 is 19.1 Å². The van der Waals surface area contributed by atoms with E-state index >= 15 is 0 Å². The monoisotopic (exact) mass is 870 g/mol. The fourth-order valence-corrected chi connectivity index (χ4v) is 9.07. The number of allylic oxidation sites excluding steroid dienone is 1. The molecule has 1 aliphatic carbocycles. The first-order valence-corrected chi connectivity index (χ1v) is 22.0. The predicted octanol–water partition coefficient (Wildman–Crippen LogP) is 7.62. The van der Waals surface area contributed by atoms with E-state index in [0.29, 0.717) is 37.7 Å². The van der Waals surface area contributed by atoms with E-state index in [-0.39, 0.29) is 35.7 Å². The summed E-state index contributed by atoms with van der Waals surface area (Å²) in [6.07, 6.45) is 6.00. The van der Waals surface area contributed by atoms with E-state index < -0.39 is 37.5 Å². The molecule has 1 atom stereocenters. The highest BCUT2D eigenvalue weighted by Crippen LogP contribution is 2.43. The van der Waals surface area contributed by atoms with E-state index in [1.54, 1.807) is 24.4 Å². The summed E-state index contributed by atoms with van der Waals surface area (Å²) in [7, 11) is -4.61. The maximum absolute atomic E-state index is 13.9. The van der Waals surface area contributed by atoms with Crippen molar-refractivity contribution >= 4 is 55.5 Å². The number of carbonyl (C=O) groups is 1. The molecule has 0 spiro atoms. The van der Waals surface area contributed by atoms with Crippen LogP contribution in [0.15, 0.2) is 95.7 Å². The second kappa shape index (κ2) is 17.8. The van der Waals surface area contributed by atoms with Crippen molar-refractivity contribution in [2.45, 2.75) is 44.1 Å². The minimum absolute atomic E-state index is 0.0342. The van der Waals surface area contributed by atoms with Gasteiger partial charge in [0.1, 0.15) is 29.9 Å². The van der Waals surface area contributed by atoms with Crippen molar-refractivity contribution in [2.75, 3.05) is 64.1 Å². The molecule has 1 amide bonds. The van der Waals surface area contributed by atoms with Gasteiger partial charge in [-0.05, 0) is 84.3 Å². The first-order valence-electron chi connectivity index (χ1n) is 20.2. The Balaban J connectivity index is 1.00. The third kappa shape index (κ3) is 10.0. The summed E-state index contributed by atoms with van der Waals surface area (Å²) < 4.78 is 52.1. The molecule has 2 fully saturated rings. The number of hydrogen-bond donors (Lipinski definition) is 2. The molecule has 15 nitrogen and oxygen atoms in total. The zero-order valence-corrected chi connectivity index (χ0v) is 35.5. The number of ether oxygens (including phenoxy) is 4. The molecule has 3 aromatic carbocycles. The van der Waals surface area contributed by atoms with Crippen molar-refractivity contribution in [1.82, 2.24) is 19.6 Å². The summed E-state index contributed by atoms with van der Waals surface area (Å²) in [6.45, 7) is 9.61. The third-order valence-corrected chi connectivity index (χ3v) is 12.9. The summed E-state index contributed by atoms with van der Waals surface area (Å²) in [4.78, 5) is 36.8. The third-order valence-electron chi connectivity index (χ3n) is 11.3. The molecule has 17 heteroatoms. The number of aromatic nitrogens is 2. The highest BCUT2D eigenvalue weighted by Gasteiger charge is 2.31. The number of piperazine rings is 1. The van der Waals surface area contributed by atoms with E-state index in [1.807, 2.05) is 18.2 Å². The number of benzene rings is 3. The standard InChI is InChI=1S/C44H47ClN6O9S/c1-44(2)13-11-31(38(24-44)29-3-5-32(45)6-4-29)26-49-15-17-50(18-16-49)33-7-9-37(41(22-33)60-34-21-30-12-14-46-42(30)47-25-34)43(52)48-61(55,56)36-8-10-40(39(23-36)51(53)54)59-28-35-27-57-19-20-58-35/h3-10,12,14,21-23,25,35H,11,13,15-20,24,26-28H2,1-2H3,(H,46,47)(H,48,52). The molecule has 0 saturated carbocycles. The number of nitrogens with zero attached hydrogens (tertiary/aromatic N) is 4. The van der Waals surface area contributed by atoms with Crippen molar-refractivity contribution in [1.29, 1.82) is 0 Å². The molecule has 1 unspecified atom stereocenters. The average molecular weight is 871 g/mol. The lowest BCUT2D eigenvalue weighted by atomic mass is 9.72. The molecule has 320 valence electrons. The Morgan fingerprint density at radius 1 is 1.03 bits per heavy atom. The maximum atomic E-state index is 13.9. The van der Waals surface area contributed by atoms with Crippen molar-refractivity contribution in [3.05, 3.63) is 117 Å². The lowest BCUT2D eigenvalue weighted by Crippen LogP contribution is -2.47. The van der Waals surface area contributed by atoms with Gasteiger partial charge in [0, 0.05) is 67.1 Å². The Kier molecular flexibility index (Phi) is 12.3. The predicted molar refractivity (Wildman–Crippen MR) is 231 cm³/mol. The molecular weight excluding hydrogens is 824 g/mol. The number of nitrogens with one attached hydrogen (secondary N) is 2. The first-order chi connectivity index (χ1) is 29.3. The van der Waals surface area contributed by atoms with Gasteiger partial charge in [-0.1, -0.05) is 43.2 Å². The van der Waals surface area contributed by atoms with Crippen LogP contribution in [0.2, 0.25) is 5.02 Å². The van der Waals surface area contributed by atoms with Crippen LogP contribution in [-0.2, 0) is 19.5 Å². The number of halogens is 1. The molecule has 2 aliphatic heterocycles. The highest BCUT2D eigenvalue weighted by molar-refractivity contribution is 7.90. The van der Waals surface area contributed by atoms with Gasteiger partial charge in [0.2, 0.25) is 0 Å². The number of H-pyrrole nitrogens is 1. The Morgan fingerprint density at radius 3 is 2.59 bits per heavy atom. The van der Waals surface area contributed by atoms with Crippen LogP contribution in [0.5, 0.6) is 17.2 Å². The minimum atomic E-state index is -4.61. The fourth-order valence-electron chi connectivity index (χ4n) is 7.96. The van der Waals surface area contributed by atoms with Crippen LogP contribution in [0.25, 0.3) is 16.6 Å². The number of aromatic amines is 1. The van der Waals surface area contributed by atoms with E-state index in [1.165, 1.54) is 35.0 Å². The molecule has 3 aliphatic rings. The molecule has 61 heavy (non-hydrogen) atoms. The van der Waals surface area contributed by atoms with Crippen LogP contribution in [-0.4, -0.2) is 99.4 Å². The maximum Gasteiger partial charge on any atom is 0.312 e. The van der Waals surface area contributed by atoms with E-state index in [4.69, 9.17) is 30.5 Å². The van der Waals surface area contributed by atoms with E-state index in [0.717, 1.165) is 67.1 Å². The number of anilines is 1. The van der Waals surface area contributed by atoms with Gasteiger partial charge in [0.05, 0.1) is 41.4 Å². The minimum Gasteiger partial charge on any atom is -0.484 e. The molecule has 4 heterocycles. The quantitative estimate of drug-likeness (QED) is 0.0875. The Bertz CT molecular complexity index is 2570. The second-order valence-corrected chi connectivity index (χ2v) is 18.4. The first kappa shape index (κ1) is 42.2. The van der Waals surface area contributed by atoms with Crippen LogP contribution in [0.4, 0.5) is 11.4 Å². The number of rotatable bonds is 13. The van der Waals surface area contributed by atoms with Gasteiger partial charge in [-0.15, -0.1) is 0 Å². The number of sulfonamides is 1. The molecule has 2 saturated heterocycles. The van der Waals surface area contributed by atoms with Crippen molar-refractivity contribution in [2.24, 2.45) is 5.41 Å². The summed E-state index contributed by atoms with van der Waals surface area (Å²) >= 11 is 6.23. The molecule has 0 bridgehead atoms. The zero-order chi connectivity index (χ0) is 42.7. The van der Waals surface area contributed by atoms with Gasteiger partial charge in [-0.2, -0.15) is 0 Å². The van der Waals surface area contributed by atoms with Gasteiger partial charge < -0.3 is 28.8 Å². The number of carbonyl (C=O) groups excluding carboxylic acids is 1. The average Bonchev–Trinajstić information content (AvgIpc) is 3.72. The normalized spacial score (nSPS) is 18.5. The smallest absolute Gasteiger partial charge is 0.312 e. The van der Waals surface area contributed by atoms with E-state index in [9.17, 15) is 23.3 Å². The molecule has 0 radical (unpaired) electrons. The summed E-state index contributed by atoms with van der Waals surface area (Å²) in [5.74, 6) is -0.694. The van der Waals surface area contributed by atoms with Gasteiger partial charge in [0.25, 0.3) is 15.9 Å². The molecular formula is C44H47ClN6O9S. The van der Waals surface area contributed by atoms with Gasteiger partial charge in [0.15, 0.2) is 5.75 Å². The SMILES string of the molecule is CC1(C)CCC(CN2CCN(c3ccc(C(=O)NS(=O)(=O)c4ccc(OCC5COCCO5)c([N+](=O)[O-])c4)c(Oc4cnc5[nH]ccc5c4)c3)CC2)=C(c2ccc(Cl)cc2)C1. The number of amides is 1. The van der Waals surface area contributed by atoms with Gasteiger partial charge >= 0.3 is 5.69 Å². The largest absolute Gasteiger partial charge is 0.484 e. The molecule has 8 rings (SSSR count). The van der Waals surface area contributed by atoms with Gasteiger partial charge in [-0.3, -0.25) is 19.8 Å². The number of nitro groups is 1. The second-order valence-electron chi connectivity index (χ2n) is 16.3. The summed E-state index contributed by atoms with van der Waals surface area (Å²) in [5.41, 5.74) is 5.10. The number of nitro benzene ring substituents is 1. The lowest BCUT2D eigenvalue weighted by Gasteiger charge is -2.39. The molecule has 2 N–H and O–H groups in total. The van der Waals surface area contributed by atoms with Crippen LogP contribution in [0, 0.1) is 15.5 Å². The summed E-state index contributed by atoms with van der Waals surface area (Å²) in [6, 6.07) is 19.9. The summed E-state index contributed by atoms with van der Waals surface area (Å²) in [5, 5.41) is 13.5. The lowest BCUT2D eigenvalue weighted by molar-refractivity contribution is -0.386. The Labute approximate surface area is 358 Å². The van der Waals surface area contributed by atoms with Crippen molar-refractivity contribution in [3.8, 4) is 17.2 Å². The number of hydrogen-bond acceptors (Lipinski definition) is 12. The molecule has 2 aromatic heterocycles. The highest BCUT2D eigenvalue weighted by atomic mass is 35.5. The van der Waals surface area contributed by atoms with Crippen LogP contribution in [0.3, 0.4) is 0 Å². The van der Waals surface area contributed by atoms with Crippen molar-refractivity contribution in [3.63, 3.8) is 0 Å². The zero-order valence-electron chi connectivity index (χ0n) is 33.9. The topological polar surface area (TPSA) is 178 Å². The van der Waals surface area contributed by atoms with Crippen molar-refractivity contribution < 1.29 is 37.1 Å². The number of fused-ring (bicyclic) bond motifs is 1.